The number of aryl methyl sites for hydroxylation is 1. The molecule has 0 atom stereocenters. The molecule has 4 heterocycles. The Bertz CT molecular complexity index is 2460. The van der Waals surface area contributed by atoms with Gasteiger partial charge in [0.25, 0.3) is 0 Å². The highest BCUT2D eigenvalue weighted by atomic mass is 32.3. The van der Waals surface area contributed by atoms with E-state index in [0.717, 1.165) is 12.8 Å². The van der Waals surface area contributed by atoms with E-state index in [-0.39, 0.29) is 12.3 Å². The summed E-state index contributed by atoms with van der Waals surface area (Å²) in [4.78, 5) is 9.24. The Morgan fingerprint density at radius 3 is 2.44 bits per heavy atom. The fourth-order valence-electron chi connectivity index (χ4n) is 9.40. The molecule has 0 amide bonds. The fraction of sp³-hybridized carbons (Fsp3) is 0.191. The average Bonchev–Trinajstić information content (AvgIpc) is 3.13. The molecule has 0 unspecified atom stereocenters. The van der Waals surface area contributed by atoms with Crippen LogP contribution in [0.15, 0.2) is 166 Å². The van der Waals surface area contributed by atoms with Gasteiger partial charge < -0.3 is 9.71 Å². The van der Waals surface area contributed by atoms with Gasteiger partial charge in [-0.25, -0.2) is 9.16 Å². The maximum Gasteiger partial charge on any atom is 0.328 e. The molecule has 0 spiro atoms. The Morgan fingerprint density at radius 1 is 0.923 bits per heavy atom. The van der Waals surface area contributed by atoms with Crippen molar-refractivity contribution in [3.05, 3.63) is 172 Å². The minimum atomic E-state index is -2.83. The third-order valence-electron chi connectivity index (χ3n) is 12.3. The number of fused-ring (bicyclic) bond motifs is 7. The van der Waals surface area contributed by atoms with Gasteiger partial charge in [0.05, 0.1) is 22.1 Å². The van der Waals surface area contributed by atoms with Gasteiger partial charge in [-0.15, -0.1) is 0 Å². The van der Waals surface area contributed by atoms with E-state index in [9.17, 15) is 0 Å². The number of thioether (sulfide) groups is 1. The SMILES string of the molecule is C=C/C=C\C1=C2N(/C=C\C=C/C(=C)[SH]2(C)(C)C)c2c3c(c4ccccc4c2C)-c2cc4c(cc2B(c2ccccc2)N13)SC1=C(CCC=C1)C4(C)C. The lowest BCUT2D eigenvalue weighted by molar-refractivity contribution is 0.574. The summed E-state index contributed by atoms with van der Waals surface area (Å²) in [5, 5.41) is 3.93. The van der Waals surface area contributed by atoms with Crippen LogP contribution in [0.2, 0.25) is 0 Å². The zero-order valence-electron chi connectivity index (χ0n) is 31.2. The first-order valence-electron chi connectivity index (χ1n) is 18.5. The molecule has 2 nitrogen and oxygen atoms in total. The van der Waals surface area contributed by atoms with E-state index in [2.05, 4.69) is 171 Å². The van der Waals surface area contributed by atoms with Crippen LogP contribution in [0.3, 0.4) is 0 Å². The second-order valence-corrected chi connectivity index (χ2v) is 24.2. The van der Waals surface area contributed by atoms with Gasteiger partial charge in [-0.05, 0) is 100 Å². The molecular formula is C47H47BN2S2. The van der Waals surface area contributed by atoms with Crippen molar-refractivity contribution < 1.29 is 0 Å². The Morgan fingerprint density at radius 2 is 1.67 bits per heavy atom. The van der Waals surface area contributed by atoms with Gasteiger partial charge in [-0.2, -0.15) is 0 Å². The van der Waals surface area contributed by atoms with Crippen LogP contribution in [-0.4, -0.2) is 25.6 Å². The maximum absolute atomic E-state index is 4.77. The molecule has 1 aliphatic carbocycles. The van der Waals surface area contributed by atoms with Crippen molar-refractivity contribution in [3.63, 3.8) is 0 Å². The van der Waals surface area contributed by atoms with Crippen molar-refractivity contribution in [3.8, 4) is 11.1 Å². The van der Waals surface area contributed by atoms with Gasteiger partial charge >= 0.3 is 6.85 Å². The highest BCUT2D eigenvalue weighted by Crippen LogP contribution is 2.76. The quantitative estimate of drug-likeness (QED) is 0.128. The highest BCUT2D eigenvalue weighted by Gasteiger charge is 2.50. The summed E-state index contributed by atoms with van der Waals surface area (Å²) >= 11 is 1.97. The molecule has 9 rings (SSSR count). The molecule has 52 heavy (non-hydrogen) atoms. The van der Waals surface area contributed by atoms with E-state index >= 15 is 0 Å². The van der Waals surface area contributed by atoms with Crippen molar-refractivity contribution in [1.29, 1.82) is 0 Å². The van der Waals surface area contributed by atoms with Crippen molar-refractivity contribution in [2.24, 2.45) is 0 Å². The summed E-state index contributed by atoms with van der Waals surface area (Å²) < 4.78 is 0. The number of hydrogen-bond donors (Lipinski definition) is 1. The minimum Gasteiger partial charge on any atom is -0.373 e. The Balaban J connectivity index is 1.49. The van der Waals surface area contributed by atoms with Crippen LogP contribution in [-0.2, 0) is 5.41 Å². The predicted molar refractivity (Wildman–Crippen MR) is 235 cm³/mol. The predicted octanol–water partition coefficient (Wildman–Crippen LogP) is 11.0. The third kappa shape index (κ3) is 4.55. The van der Waals surface area contributed by atoms with Crippen molar-refractivity contribution in [2.45, 2.75) is 43.9 Å². The molecule has 4 aromatic carbocycles. The van der Waals surface area contributed by atoms with E-state index in [1.54, 1.807) is 5.57 Å². The molecule has 4 aromatic rings. The van der Waals surface area contributed by atoms with Crippen LogP contribution >= 0.6 is 20.9 Å². The topological polar surface area (TPSA) is 6.48 Å². The Labute approximate surface area is 314 Å². The lowest BCUT2D eigenvalue weighted by Crippen LogP contribution is -2.61. The van der Waals surface area contributed by atoms with Crippen LogP contribution in [0.25, 0.3) is 21.9 Å². The van der Waals surface area contributed by atoms with Gasteiger partial charge in [0, 0.05) is 27.0 Å². The molecule has 0 radical (unpaired) electrons. The summed E-state index contributed by atoms with van der Waals surface area (Å²) in [5.41, 5.74) is 13.3. The van der Waals surface area contributed by atoms with Crippen LogP contribution in [0.1, 0.15) is 37.8 Å². The van der Waals surface area contributed by atoms with Crippen LogP contribution < -0.4 is 20.6 Å². The molecule has 0 aromatic heterocycles. The molecule has 0 N–H and O–H groups in total. The molecule has 5 aliphatic rings. The first kappa shape index (κ1) is 33.3. The molecule has 0 fully saturated rings. The molecule has 0 saturated heterocycles. The van der Waals surface area contributed by atoms with Crippen molar-refractivity contribution in [1.82, 2.24) is 0 Å². The maximum atomic E-state index is 4.77. The molecule has 0 bridgehead atoms. The summed E-state index contributed by atoms with van der Waals surface area (Å²) in [7, 11) is -2.83. The second-order valence-electron chi connectivity index (χ2n) is 16.5. The van der Waals surface area contributed by atoms with E-state index < -0.39 is 9.16 Å². The molecule has 5 heteroatoms. The molecular weight excluding hydrogens is 667 g/mol. The second kappa shape index (κ2) is 11.5. The standard InChI is InChI=1S/C47H47BN2S2/c1-9-10-26-40-46-49(28-19-18-20-31(2)52(46,6,7)8)44-32(3)34-23-14-15-24-35(34)43-36-29-38-42(51-41-27-17-16-25-37(41)47(38,4)5)30-39(36)48(50(40)45(43)44)33-21-12-11-13-22-33/h9-15,17-24,26-30,52H,1-2,16,25H2,3-8H3/b20-18-,26-10-,28-19-. The number of thiol groups is 1. The van der Waals surface area contributed by atoms with Gasteiger partial charge in [0.1, 0.15) is 0 Å². The number of allylic oxidation sites excluding steroid dienone is 9. The molecule has 4 aliphatic heterocycles. The minimum absolute atomic E-state index is 0.0569. The zero-order chi connectivity index (χ0) is 36.2. The van der Waals surface area contributed by atoms with E-state index in [4.69, 9.17) is 6.58 Å². The van der Waals surface area contributed by atoms with Crippen molar-refractivity contribution >= 4 is 60.8 Å². The summed E-state index contributed by atoms with van der Waals surface area (Å²) in [6, 6.07) is 25.4. The van der Waals surface area contributed by atoms with E-state index in [1.165, 1.54) is 80.8 Å². The number of benzene rings is 4. The smallest absolute Gasteiger partial charge is 0.328 e. The first-order chi connectivity index (χ1) is 24.9. The van der Waals surface area contributed by atoms with Crippen LogP contribution in [0.4, 0.5) is 11.4 Å². The number of nitrogens with zero attached hydrogens (tertiary/aromatic N) is 2. The number of rotatable bonds is 3. The summed E-state index contributed by atoms with van der Waals surface area (Å²) in [6.07, 6.45) is 29.6. The Kier molecular flexibility index (Phi) is 7.33. The highest BCUT2D eigenvalue weighted by molar-refractivity contribution is 8.54. The van der Waals surface area contributed by atoms with Crippen LogP contribution in [0, 0.1) is 6.92 Å². The number of hydrogen-bond acceptors (Lipinski definition) is 3. The normalized spacial score (nSPS) is 22.4. The van der Waals surface area contributed by atoms with E-state index in [1.807, 2.05) is 17.8 Å². The molecule has 0 saturated carbocycles. The first-order valence-corrected chi connectivity index (χ1v) is 22.9. The van der Waals surface area contributed by atoms with Crippen molar-refractivity contribution in [2.75, 3.05) is 28.5 Å². The lowest BCUT2D eigenvalue weighted by Gasteiger charge is -2.61. The number of anilines is 2. The van der Waals surface area contributed by atoms with E-state index in [0.29, 0.717) is 0 Å². The third-order valence-corrected chi connectivity index (χ3v) is 17.5. The van der Waals surface area contributed by atoms with Gasteiger partial charge in [0.2, 0.25) is 0 Å². The Hall–Kier alpha value is -4.58. The van der Waals surface area contributed by atoms with Gasteiger partial charge in [0.15, 0.2) is 0 Å². The van der Waals surface area contributed by atoms with Gasteiger partial charge in [-0.3, -0.25) is 0 Å². The average molecular weight is 715 g/mol. The summed E-state index contributed by atoms with van der Waals surface area (Å²) in [6.45, 7) is 16.1. The lowest BCUT2D eigenvalue weighted by atomic mass is 9.45. The molecule has 260 valence electrons. The zero-order valence-corrected chi connectivity index (χ0v) is 32.9. The van der Waals surface area contributed by atoms with Gasteiger partial charge in [-0.1, -0.05) is 141 Å². The largest absolute Gasteiger partial charge is 0.373 e. The van der Waals surface area contributed by atoms with Crippen LogP contribution in [0.5, 0.6) is 0 Å². The fourth-order valence-corrected chi connectivity index (χ4v) is 13.7. The summed E-state index contributed by atoms with van der Waals surface area (Å²) in [5.74, 6) is 0. The monoisotopic (exact) mass is 714 g/mol.